The van der Waals surface area contributed by atoms with Gasteiger partial charge in [-0.25, -0.2) is 9.18 Å². The second-order valence-electron chi connectivity index (χ2n) is 6.14. The van der Waals surface area contributed by atoms with E-state index < -0.39 is 0 Å². The molecule has 0 aliphatic rings. The summed E-state index contributed by atoms with van der Waals surface area (Å²) in [5.41, 5.74) is 1.73. The molecule has 0 aliphatic heterocycles. The monoisotopic (exact) mass is 359 g/mol. The smallest absolute Gasteiger partial charge is 0.315 e. The standard InChI is InChI=1S/C20H26FN3O2/c1-4-26-19-11-6-5-8-16(19)13-22-20(25)23-14-18(24(2)3)15-9-7-10-17(21)12-15/h5-12,18H,4,13-14H2,1-3H3,(H2,22,23,25). The quantitative estimate of drug-likeness (QED) is 0.760. The fourth-order valence-electron chi connectivity index (χ4n) is 2.69. The fourth-order valence-corrected chi connectivity index (χ4v) is 2.69. The molecular weight excluding hydrogens is 333 g/mol. The Morgan fingerprint density at radius 2 is 1.92 bits per heavy atom. The summed E-state index contributed by atoms with van der Waals surface area (Å²) in [4.78, 5) is 14.1. The van der Waals surface area contributed by atoms with Crippen molar-refractivity contribution in [3.63, 3.8) is 0 Å². The van der Waals surface area contributed by atoms with Crippen LogP contribution in [0.2, 0.25) is 0 Å². The number of nitrogens with one attached hydrogen (secondary N) is 2. The van der Waals surface area contributed by atoms with Crippen LogP contribution in [0, 0.1) is 5.82 Å². The third kappa shape index (κ3) is 5.74. The Hall–Kier alpha value is -2.60. The highest BCUT2D eigenvalue weighted by molar-refractivity contribution is 5.74. The zero-order valence-corrected chi connectivity index (χ0v) is 15.5. The zero-order chi connectivity index (χ0) is 18.9. The number of hydrogen-bond acceptors (Lipinski definition) is 3. The van der Waals surface area contributed by atoms with Crippen LogP contribution in [0.5, 0.6) is 5.75 Å². The Kier molecular flexibility index (Phi) is 7.41. The van der Waals surface area contributed by atoms with Gasteiger partial charge in [-0.15, -0.1) is 0 Å². The first-order chi connectivity index (χ1) is 12.5. The molecule has 2 amide bonds. The van der Waals surface area contributed by atoms with E-state index in [1.54, 1.807) is 6.07 Å². The van der Waals surface area contributed by atoms with E-state index in [2.05, 4.69) is 10.6 Å². The molecule has 0 saturated heterocycles. The number of hydrogen-bond donors (Lipinski definition) is 2. The summed E-state index contributed by atoms with van der Waals surface area (Å²) >= 11 is 0. The molecule has 0 bridgehead atoms. The van der Waals surface area contributed by atoms with E-state index in [1.165, 1.54) is 12.1 Å². The second-order valence-corrected chi connectivity index (χ2v) is 6.14. The van der Waals surface area contributed by atoms with Gasteiger partial charge in [-0.3, -0.25) is 0 Å². The van der Waals surface area contributed by atoms with Crippen molar-refractivity contribution in [2.75, 3.05) is 27.2 Å². The number of ether oxygens (including phenoxy) is 1. The number of rotatable bonds is 8. The van der Waals surface area contributed by atoms with Crippen molar-refractivity contribution in [2.24, 2.45) is 0 Å². The number of nitrogens with zero attached hydrogens (tertiary/aromatic N) is 1. The highest BCUT2D eigenvalue weighted by Gasteiger charge is 2.16. The van der Waals surface area contributed by atoms with Gasteiger partial charge in [0.25, 0.3) is 0 Å². The van der Waals surface area contributed by atoms with Gasteiger partial charge in [0.05, 0.1) is 12.6 Å². The van der Waals surface area contributed by atoms with Crippen molar-refractivity contribution >= 4 is 6.03 Å². The van der Waals surface area contributed by atoms with E-state index in [9.17, 15) is 9.18 Å². The van der Waals surface area contributed by atoms with Crippen LogP contribution in [0.1, 0.15) is 24.1 Å². The van der Waals surface area contributed by atoms with Crippen molar-refractivity contribution in [2.45, 2.75) is 19.5 Å². The average molecular weight is 359 g/mol. The molecule has 0 heterocycles. The fraction of sp³-hybridized carbons (Fsp3) is 0.350. The van der Waals surface area contributed by atoms with Crippen molar-refractivity contribution < 1.29 is 13.9 Å². The third-order valence-electron chi connectivity index (χ3n) is 4.02. The molecule has 0 saturated carbocycles. The molecule has 2 N–H and O–H groups in total. The molecule has 2 rings (SSSR count). The number of carbonyl (C=O) groups excluding carboxylic acids is 1. The number of benzene rings is 2. The number of amides is 2. The van der Waals surface area contributed by atoms with Crippen LogP contribution in [0.4, 0.5) is 9.18 Å². The van der Waals surface area contributed by atoms with Crippen LogP contribution in [-0.4, -0.2) is 38.2 Å². The normalized spacial score (nSPS) is 11.9. The average Bonchev–Trinajstić information content (AvgIpc) is 2.61. The minimum Gasteiger partial charge on any atom is -0.494 e. The summed E-state index contributed by atoms with van der Waals surface area (Å²) in [6.07, 6.45) is 0. The van der Waals surface area contributed by atoms with Gasteiger partial charge in [-0.05, 0) is 44.8 Å². The minimum atomic E-state index is -0.286. The highest BCUT2D eigenvalue weighted by atomic mass is 19.1. The van der Waals surface area contributed by atoms with Crippen LogP contribution in [0.15, 0.2) is 48.5 Å². The first kappa shape index (κ1) is 19.7. The zero-order valence-electron chi connectivity index (χ0n) is 15.5. The van der Waals surface area contributed by atoms with Crippen molar-refractivity contribution in [1.82, 2.24) is 15.5 Å². The maximum Gasteiger partial charge on any atom is 0.315 e. The SMILES string of the molecule is CCOc1ccccc1CNC(=O)NCC(c1cccc(F)c1)N(C)C. The van der Waals surface area contributed by atoms with Gasteiger partial charge in [0.15, 0.2) is 0 Å². The lowest BCUT2D eigenvalue weighted by Crippen LogP contribution is -2.40. The first-order valence-corrected chi connectivity index (χ1v) is 8.65. The van der Waals surface area contributed by atoms with Crippen molar-refractivity contribution in [3.05, 3.63) is 65.5 Å². The lowest BCUT2D eigenvalue weighted by atomic mass is 10.1. The molecule has 0 aromatic heterocycles. The van der Waals surface area contributed by atoms with Crippen LogP contribution in [0.3, 0.4) is 0 Å². The van der Waals surface area contributed by atoms with Gasteiger partial charge >= 0.3 is 6.03 Å². The summed E-state index contributed by atoms with van der Waals surface area (Å²) in [6.45, 7) is 3.23. The van der Waals surface area contributed by atoms with E-state index >= 15 is 0 Å². The minimum absolute atomic E-state index is 0.118. The molecule has 5 nitrogen and oxygen atoms in total. The van der Waals surface area contributed by atoms with Gasteiger partial charge in [0.2, 0.25) is 0 Å². The van der Waals surface area contributed by atoms with Gasteiger partial charge < -0.3 is 20.3 Å². The van der Waals surface area contributed by atoms with Crippen molar-refractivity contribution in [1.29, 1.82) is 0 Å². The summed E-state index contributed by atoms with van der Waals surface area (Å²) in [6, 6.07) is 13.6. The Morgan fingerprint density at radius 3 is 2.62 bits per heavy atom. The van der Waals surface area contributed by atoms with E-state index in [0.29, 0.717) is 19.7 Å². The van der Waals surface area contributed by atoms with Gasteiger partial charge in [-0.2, -0.15) is 0 Å². The van der Waals surface area contributed by atoms with E-state index in [-0.39, 0.29) is 17.9 Å². The Bertz CT molecular complexity index is 722. The van der Waals surface area contributed by atoms with Crippen LogP contribution in [-0.2, 0) is 6.54 Å². The summed E-state index contributed by atoms with van der Waals surface area (Å²) in [7, 11) is 3.79. The number of urea groups is 1. The Morgan fingerprint density at radius 1 is 1.15 bits per heavy atom. The van der Waals surface area contributed by atoms with Crippen LogP contribution >= 0.6 is 0 Å². The third-order valence-corrected chi connectivity index (χ3v) is 4.02. The number of halogens is 1. The molecule has 0 spiro atoms. The molecule has 0 fully saturated rings. The van der Waals surface area contributed by atoms with E-state index in [1.807, 2.05) is 56.3 Å². The highest BCUT2D eigenvalue weighted by Crippen LogP contribution is 2.19. The van der Waals surface area contributed by atoms with Gasteiger partial charge in [0, 0.05) is 18.7 Å². The van der Waals surface area contributed by atoms with Crippen LogP contribution < -0.4 is 15.4 Å². The lowest BCUT2D eigenvalue weighted by Gasteiger charge is -2.25. The van der Waals surface area contributed by atoms with Gasteiger partial charge in [-0.1, -0.05) is 30.3 Å². The molecule has 2 aromatic rings. The molecule has 6 heteroatoms. The molecule has 26 heavy (non-hydrogen) atoms. The molecular formula is C20H26FN3O2. The summed E-state index contributed by atoms with van der Waals surface area (Å²) in [5, 5.41) is 5.68. The maximum atomic E-state index is 13.5. The van der Waals surface area contributed by atoms with E-state index in [4.69, 9.17) is 4.74 Å². The number of para-hydroxylation sites is 1. The number of likely N-dealkylation sites (N-methyl/N-ethyl adjacent to an activating group) is 1. The maximum absolute atomic E-state index is 13.5. The van der Waals surface area contributed by atoms with E-state index in [0.717, 1.165) is 16.9 Å². The predicted molar refractivity (Wildman–Crippen MR) is 101 cm³/mol. The van der Waals surface area contributed by atoms with Crippen molar-refractivity contribution in [3.8, 4) is 5.75 Å². The topological polar surface area (TPSA) is 53.6 Å². The molecule has 0 radical (unpaired) electrons. The molecule has 1 atom stereocenters. The molecule has 140 valence electrons. The first-order valence-electron chi connectivity index (χ1n) is 8.65. The predicted octanol–water partition coefficient (Wildman–Crippen LogP) is 3.33. The Labute approximate surface area is 154 Å². The second kappa shape index (κ2) is 9.77. The summed E-state index contributed by atoms with van der Waals surface area (Å²) in [5.74, 6) is 0.479. The molecule has 2 aromatic carbocycles. The summed E-state index contributed by atoms with van der Waals surface area (Å²) < 4.78 is 19.0. The number of carbonyl (C=O) groups is 1. The lowest BCUT2D eigenvalue weighted by molar-refractivity contribution is 0.232. The molecule has 1 unspecified atom stereocenters. The van der Waals surface area contributed by atoms with Crippen LogP contribution in [0.25, 0.3) is 0 Å². The molecule has 0 aliphatic carbocycles. The van der Waals surface area contributed by atoms with Gasteiger partial charge in [0.1, 0.15) is 11.6 Å². The Balaban J connectivity index is 1.91. The largest absolute Gasteiger partial charge is 0.494 e.